The van der Waals surface area contributed by atoms with Gasteiger partial charge in [-0.1, -0.05) is 12.1 Å². The lowest BCUT2D eigenvalue weighted by Gasteiger charge is -2.23. The Morgan fingerprint density at radius 2 is 2.06 bits per heavy atom. The van der Waals surface area contributed by atoms with Gasteiger partial charge >= 0.3 is 0 Å². The van der Waals surface area contributed by atoms with Crippen LogP contribution in [0.4, 0.5) is 0 Å². The number of benzene rings is 1. The number of fused-ring (bicyclic) bond motifs is 2. The van der Waals surface area contributed by atoms with Crippen LogP contribution >= 0.6 is 0 Å². The average molecular weight is 459 g/mol. The van der Waals surface area contributed by atoms with Gasteiger partial charge in [0.1, 0.15) is 11.5 Å². The Bertz CT molecular complexity index is 1340. The Hall–Kier alpha value is -3.88. The molecule has 0 saturated heterocycles. The van der Waals surface area contributed by atoms with Crippen molar-refractivity contribution >= 4 is 0 Å². The van der Waals surface area contributed by atoms with E-state index in [0.717, 1.165) is 71.6 Å². The first kappa shape index (κ1) is 20.7. The van der Waals surface area contributed by atoms with E-state index < -0.39 is 0 Å². The summed E-state index contributed by atoms with van der Waals surface area (Å²) >= 11 is 0. The highest BCUT2D eigenvalue weighted by Gasteiger charge is 2.30. The summed E-state index contributed by atoms with van der Waals surface area (Å²) in [7, 11) is 1.64. The van der Waals surface area contributed by atoms with E-state index in [1.165, 1.54) is 0 Å². The molecular formula is C25H26N6O3. The zero-order chi connectivity index (χ0) is 23.1. The molecule has 0 radical (unpaired) electrons. The fourth-order valence-corrected chi connectivity index (χ4v) is 4.78. The third-order valence-electron chi connectivity index (χ3n) is 6.41. The number of hydrogen-bond acceptors (Lipinski definition) is 7. The third-order valence-corrected chi connectivity index (χ3v) is 6.41. The molecule has 34 heavy (non-hydrogen) atoms. The van der Waals surface area contributed by atoms with Crippen molar-refractivity contribution in [1.82, 2.24) is 29.3 Å². The predicted molar refractivity (Wildman–Crippen MR) is 124 cm³/mol. The van der Waals surface area contributed by atoms with Crippen LogP contribution in [0.2, 0.25) is 0 Å². The first-order chi connectivity index (χ1) is 16.7. The SMILES string of the molecule is COc1nc(CCc2nc3n(n2)CCC[C@@H]3c2cccc3c2OCO3)ccc1-n1cnc(C)c1. The lowest BCUT2D eigenvalue weighted by atomic mass is 9.90. The van der Waals surface area contributed by atoms with Gasteiger partial charge in [0.2, 0.25) is 12.7 Å². The quantitative estimate of drug-likeness (QED) is 0.436. The van der Waals surface area contributed by atoms with E-state index in [-0.39, 0.29) is 12.7 Å². The summed E-state index contributed by atoms with van der Waals surface area (Å²) in [5.74, 6) is 4.22. The zero-order valence-electron chi connectivity index (χ0n) is 19.3. The van der Waals surface area contributed by atoms with E-state index in [1.807, 2.05) is 42.0 Å². The van der Waals surface area contributed by atoms with E-state index in [2.05, 4.69) is 15.7 Å². The lowest BCUT2D eigenvalue weighted by molar-refractivity contribution is 0.173. The molecule has 2 aliphatic rings. The van der Waals surface area contributed by atoms with Gasteiger partial charge in [0.15, 0.2) is 17.3 Å². The molecule has 174 valence electrons. The van der Waals surface area contributed by atoms with Crippen molar-refractivity contribution < 1.29 is 14.2 Å². The molecular weight excluding hydrogens is 432 g/mol. The van der Waals surface area contributed by atoms with E-state index in [1.54, 1.807) is 13.4 Å². The summed E-state index contributed by atoms with van der Waals surface area (Å²) in [5, 5.41) is 4.81. The molecule has 0 spiro atoms. The van der Waals surface area contributed by atoms with Crippen LogP contribution in [0.15, 0.2) is 42.9 Å². The Kier molecular flexibility index (Phi) is 5.16. The van der Waals surface area contributed by atoms with E-state index in [0.29, 0.717) is 12.3 Å². The van der Waals surface area contributed by atoms with Crippen LogP contribution in [0.1, 0.15) is 47.4 Å². The summed E-state index contributed by atoms with van der Waals surface area (Å²) in [5.41, 5.74) is 3.88. The van der Waals surface area contributed by atoms with Crippen LogP contribution in [-0.2, 0) is 19.4 Å². The molecule has 1 atom stereocenters. The standard InChI is InChI=1S/C25H26N6O3/c1-16-13-30(14-26-16)20-10-8-17(27-25(20)32-2)9-11-22-28-24-19(6-4-12-31(24)29-22)18-5-3-7-21-23(18)34-15-33-21/h3,5,7-8,10,13-14,19H,4,6,9,11-12,15H2,1-2H3/t19-/m1/s1. The first-order valence-corrected chi connectivity index (χ1v) is 11.6. The van der Waals surface area contributed by atoms with Crippen molar-refractivity contribution in [3.63, 3.8) is 0 Å². The molecule has 4 aromatic rings. The molecule has 2 aliphatic heterocycles. The van der Waals surface area contributed by atoms with Crippen molar-refractivity contribution in [3.05, 3.63) is 71.5 Å². The molecule has 0 aliphatic carbocycles. The number of para-hydroxylation sites is 1. The second kappa shape index (κ2) is 8.48. The normalized spacial score (nSPS) is 16.5. The number of imidazole rings is 1. The van der Waals surface area contributed by atoms with Gasteiger partial charge in [0.05, 0.1) is 19.1 Å². The molecule has 0 saturated carbocycles. The maximum atomic E-state index is 5.77. The van der Waals surface area contributed by atoms with Crippen molar-refractivity contribution in [2.45, 2.75) is 45.1 Å². The average Bonchev–Trinajstić information content (AvgIpc) is 3.61. The molecule has 9 heteroatoms. The highest BCUT2D eigenvalue weighted by Crippen LogP contribution is 2.43. The second-order valence-electron chi connectivity index (χ2n) is 8.64. The van der Waals surface area contributed by atoms with Gasteiger partial charge in [0.25, 0.3) is 0 Å². The van der Waals surface area contributed by atoms with Crippen LogP contribution in [0, 0.1) is 6.92 Å². The van der Waals surface area contributed by atoms with Crippen molar-refractivity contribution in [3.8, 4) is 23.1 Å². The smallest absolute Gasteiger partial charge is 0.238 e. The highest BCUT2D eigenvalue weighted by atomic mass is 16.7. The van der Waals surface area contributed by atoms with Gasteiger partial charge in [-0.25, -0.2) is 19.6 Å². The molecule has 0 amide bonds. The minimum atomic E-state index is 0.155. The Balaban J connectivity index is 1.22. The fourth-order valence-electron chi connectivity index (χ4n) is 4.78. The predicted octanol–water partition coefficient (Wildman–Crippen LogP) is 3.62. The molecule has 6 rings (SSSR count). The van der Waals surface area contributed by atoms with Gasteiger partial charge < -0.3 is 18.8 Å². The molecule has 3 aromatic heterocycles. The summed E-state index contributed by atoms with van der Waals surface area (Å²) in [6.07, 6.45) is 7.23. The number of aromatic nitrogens is 6. The van der Waals surface area contributed by atoms with Gasteiger partial charge in [-0.15, -0.1) is 0 Å². The number of hydrogen-bond donors (Lipinski definition) is 0. The maximum absolute atomic E-state index is 5.77. The highest BCUT2D eigenvalue weighted by molar-refractivity contribution is 5.51. The molecule has 0 N–H and O–H groups in total. The molecule has 9 nitrogen and oxygen atoms in total. The lowest BCUT2D eigenvalue weighted by Crippen LogP contribution is -2.18. The van der Waals surface area contributed by atoms with Crippen LogP contribution < -0.4 is 14.2 Å². The first-order valence-electron chi connectivity index (χ1n) is 11.6. The minimum Gasteiger partial charge on any atom is -0.479 e. The molecule has 0 unspecified atom stereocenters. The van der Waals surface area contributed by atoms with Gasteiger partial charge in [0, 0.05) is 36.3 Å². The largest absolute Gasteiger partial charge is 0.479 e. The number of methoxy groups -OCH3 is 1. The Morgan fingerprint density at radius 1 is 1.12 bits per heavy atom. The number of ether oxygens (including phenoxy) is 3. The fraction of sp³-hybridized carbons (Fsp3) is 0.360. The number of nitrogens with zero attached hydrogens (tertiary/aromatic N) is 6. The summed E-state index contributed by atoms with van der Waals surface area (Å²) < 4.78 is 20.9. The van der Waals surface area contributed by atoms with E-state index in [9.17, 15) is 0 Å². The topological polar surface area (TPSA) is 89.1 Å². The summed E-state index contributed by atoms with van der Waals surface area (Å²) in [6.45, 7) is 3.11. The number of pyridine rings is 1. The second-order valence-corrected chi connectivity index (χ2v) is 8.64. The van der Waals surface area contributed by atoms with Crippen LogP contribution in [0.5, 0.6) is 17.4 Å². The summed E-state index contributed by atoms with van der Waals surface area (Å²) in [4.78, 5) is 13.9. The molecule has 0 bridgehead atoms. The maximum Gasteiger partial charge on any atom is 0.238 e. The minimum absolute atomic E-state index is 0.155. The van der Waals surface area contributed by atoms with Crippen molar-refractivity contribution in [2.24, 2.45) is 0 Å². The van der Waals surface area contributed by atoms with Crippen molar-refractivity contribution in [1.29, 1.82) is 0 Å². The van der Waals surface area contributed by atoms with Gasteiger partial charge in [-0.05, 0) is 44.4 Å². The zero-order valence-corrected chi connectivity index (χ0v) is 19.3. The summed E-state index contributed by atoms with van der Waals surface area (Å²) in [6, 6.07) is 10.1. The number of rotatable bonds is 6. The molecule has 0 fully saturated rings. The van der Waals surface area contributed by atoms with Crippen molar-refractivity contribution in [2.75, 3.05) is 13.9 Å². The van der Waals surface area contributed by atoms with E-state index >= 15 is 0 Å². The van der Waals surface area contributed by atoms with Gasteiger partial charge in [-0.2, -0.15) is 5.10 Å². The monoisotopic (exact) mass is 458 g/mol. The van der Waals surface area contributed by atoms with Gasteiger partial charge in [-0.3, -0.25) is 0 Å². The number of aryl methyl sites for hydroxylation is 4. The van der Waals surface area contributed by atoms with Crippen LogP contribution in [0.3, 0.4) is 0 Å². The Morgan fingerprint density at radius 3 is 2.91 bits per heavy atom. The molecule has 1 aromatic carbocycles. The Labute approximate surface area is 197 Å². The van der Waals surface area contributed by atoms with E-state index in [4.69, 9.17) is 29.3 Å². The third kappa shape index (κ3) is 3.67. The molecule has 5 heterocycles. The van der Waals surface area contributed by atoms with Crippen LogP contribution in [0.25, 0.3) is 5.69 Å². The van der Waals surface area contributed by atoms with Crippen LogP contribution in [-0.4, -0.2) is 43.2 Å².